The van der Waals surface area contributed by atoms with Crippen molar-refractivity contribution >= 4 is 15.9 Å². The topological polar surface area (TPSA) is 84.5 Å². The van der Waals surface area contributed by atoms with Crippen LogP contribution in [-0.4, -0.2) is 27.5 Å². The average molecular weight is 425 g/mol. The van der Waals surface area contributed by atoms with E-state index >= 15 is 0 Å². The molecule has 6 nitrogen and oxygen atoms in total. The van der Waals surface area contributed by atoms with Gasteiger partial charge in [0.2, 0.25) is 10.0 Å². The number of rotatable bonds is 9. The van der Waals surface area contributed by atoms with Gasteiger partial charge in [-0.3, -0.25) is 4.79 Å². The van der Waals surface area contributed by atoms with Gasteiger partial charge in [0.15, 0.2) is 0 Å². The van der Waals surface area contributed by atoms with Gasteiger partial charge in [-0.05, 0) is 42.3 Å². The highest BCUT2D eigenvalue weighted by Crippen LogP contribution is 2.16. The average Bonchev–Trinajstić information content (AvgIpc) is 2.77. The molecule has 0 heterocycles. The van der Waals surface area contributed by atoms with Gasteiger partial charge in [-0.2, -0.15) is 0 Å². The smallest absolute Gasteiger partial charge is 0.251 e. The largest absolute Gasteiger partial charge is 0.492 e. The molecule has 0 atom stereocenters. The Labute approximate surface area is 177 Å². The van der Waals surface area contributed by atoms with Crippen LogP contribution in [0.2, 0.25) is 0 Å². The second kappa shape index (κ2) is 10.0. The number of amides is 1. The Morgan fingerprint density at radius 3 is 2.30 bits per heavy atom. The summed E-state index contributed by atoms with van der Waals surface area (Å²) < 4.78 is 33.4. The molecular weight excluding hydrogens is 400 g/mol. The zero-order chi connectivity index (χ0) is 21.4. The van der Waals surface area contributed by atoms with Crippen LogP contribution in [0, 0.1) is 6.92 Å². The Kier molecular flexibility index (Phi) is 7.21. The van der Waals surface area contributed by atoms with Crippen LogP contribution in [0.15, 0.2) is 83.8 Å². The Morgan fingerprint density at radius 1 is 0.933 bits per heavy atom. The van der Waals surface area contributed by atoms with E-state index < -0.39 is 10.0 Å². The summed E-state index contributed by atoms with van der Waals surface area (Å²) >= 11 is 0. The van der Waals surface area contributed by atoms with Crippen molar-refractivity contribution in [1.29, 1.82) is 0 Å². The molecule has 0 radical (unpaired) electrons. The maximum Gasteiger partial charge on any atom is 0.251 e. The van der Waals surface area contributed by atoms with Crippen LogP contribution in [0.25, 0.3) is 0 Å². The normalized spacial score (nSPS) is 11.1. The van der Waals surface area contributed by atoms with Crippen molar-refractivity contribution in [2.24, 2.45) is 0 Å². The lowest BCUT2D eigenvalue weighted by molar-refractivity contribution is 0.0946. The number of ether oxygens (including phenoxy) is 1. The van der Waals surface area contributed by atoms with Crippen molar-refractivity contribution in [3.63, 3.8) is 0 Å². The molecular formula is C23H24N2O4S. The maximum atomic E-state index is 12.6. The molecule has 0 spiro atoms. The van der Waals surface area contributed by atoms with Gasteiger partial charge >= 0.3 is 0 Å². The number of benzene rings is 3. The van der Waals surface area contributed by atoms with Gasteiger partial charge in [-0.1, -0.05) is 54.6 Å². The molecule has 0 aromatic heterocycles. The highest BCUT2D eigenvalue weighted by molar-refractivity contribution is 7.89. The molecule has 0 aliphatic rings. The van der Waals surface area contributed by atoms with Crippen LogP contribution in [-0.2, 0) is 16.6 Å². The van der Waals surface area contributed by atoms with Crippen LogP contribution in [0.5, 0.6) is 5.75 Å². The van der Waals surface area contributed by atoms with E-state index in [1.807, 2.05) is 60.7 Å². The third kappa shape index (κ3) is 5.92. The van der Waals surface area contributed by atoms with Crippen LogP contribution in [0.1, 0.15) is 21.5 Å². The molecule has 0 unspecified atom stereocenters. The van der Waals surface area contributed by atoms with Gasteiger partial charge < -0.3 is 10.1 Å². The first-order valence-electron chi connectivity index (χ1n) is 9.56. The summed E-state index contributed by atoms with van der Waals surface area (Å²) in [5.41, 5.74) is 1.86. The quantitative estimate of drug-likeness (QED) is 0.516. The molecule has 7 heteroatoms. The molecule has 3 rings (SSSR count). The minimum atomic E-state index is -3.75. The third-order valence-electron chi connectivity index (χ3n) is 4.47. The van der Waals surface area contributed by atoms with E-state index in [1.165, 1.54) is 12.1 Å². The number of hydrogen-bond donors (Lipinski definition) is 2. The highest BCUT2D eigenvalue weighted by atomic mass is 32.2. The predicted octanol–water partition coefficient (Wildman–Crippen LogP) is 3.28. The Bertz CT molecular complexity index is 1080. The van der Waals surface area contributed by atoms with Crippen LogP contribution in [0.4, 0.5) is 0 Å². The van der Waals surface area contributed by atoms with Gasteiger partial charge in [0.05, 0.1) is 11.4 Å². The van der Waals surface area contributed by atoms with Crippen LogP contribution in [0.3, 0.4) is 0 Å². The van der Waals surface area contributed by atoms with E-state index in [1.54, 1.807) is 13.0 Å². The molecule has 0 aliphatic heterocycles. The van der Waals surface area contributed by atoms with Crippen molar-refractivity contribution < 1.29 is 17.9 Å². The van der Waals surface area contributed by atoms with Gasteiger partial charge in [0.25, 0.3) is 5.91 Å². The molecule has 1 amide bonds. The van der Waals surface area contributed by atoms with E-state index in [-0.39, 0.29) is 17.3 Å². The SMILES string of the molecule is Cc1ccc(S(=O)(=O)NCc2ccccc2)cc1C(=O)NCCOc1ccccc1. The van der Waals surface area contributed by atoms with E-state index in [0.717, 1.165) is 11.3 Å². The molecule has 2 N–H and O–H groups in total. The molecule has 3 aromatic rings. The third-order valence-corrected chi connectivity index (χ3v) is 5.87. The summed E-state index contributed by atoms with van der Waals surface area (Å²) in [5.74, 6) is 0.379. The number of hydrogen-bond acceptors (Lipinski definition) is 4. The van der Waals surface area contributed by atoms with E-state index in [2.05, 4.69) is 10.0 Å². The Morgan fingerprint density at radius 2 is 1.60 bits per heavy atom. The fraction of sp³-hybridized carbons (Fsp3) is 0.174. The van der Waals surface area contributed by atoms with Crippen LogP contribution < -0.4 is 14.8 Å². The van der Waals surface area contributed by atoms with Crippen molar-refractivity contribution in [3.05, 3.63) is 95.6 Å². The van der Waals surface area contributed by atoms with Crippen molar-refractivity contribution in [3.8, 4) is 5.75 Å². The molecule has 0 saturated heterocycles. The van der Waals surface area contributed by atoms with Crippen LogP contribution >= 0.6 is 0 Å². The standard InChI is InChI=1S/C23H24N2O4S/c1-18-12-13-21(30(27,28)25-17-19-8-4-2-5-9-19)16-22(18)23(26)24-14-15-29-20-10-6-3-7-11-20/h2-13,16,25H,14-15,17H2,1H3,(H,24,26). The number of nitrogens with one attached hydrogen (secondary N) is 2. The monoisotopic (exact) mass is 424 g/mol. The zero-order valence-electron chi connectivity index (χ0n) is 16.7. The number of sulfonamides is 1. The Balaban J connectivity index is 1.61. The minimum Gasteiger partial charge on any atom is -0.492 e. The number of carbonyl (C=O) groups excluding carboxylic acids is 1. The second-order valence-corrected chi connectivity index (χ2v) is 8.47. The molecule has 3 aromatic carbocycles. The fourth-order valence-corrected chi connectivity index (χ4v) is 3.86. The summed E-state index contributed by atoms with van der Waals surface area (Å²) in [6.45, 7) is 2.56. The molecule has 156 valence electrons. The minimum absolute atomic E-state index is 0.0507. The fourth-order valence-electron chi connectivity index (χ4n) is 2.82. The van der Waals surface area contributed by atoms with Gasteiger partial charge in [-0.25, -0.2) is 13.1 Å². The van der Waals surface area contributed by atoms with Gasteiger partial charge in [-0.15, -0.1) is 0 Å². The predicted molar refractivity (Wildman–Crippen MR) is 116 cm³/mol. The zero-order valence-corrected chi connectivity index (χ0v) is 17.5. The summed E-state index contributed by atoms with van der Waals surface area (Å²) in [7, 11) is -3.75. The molecule has 0 fully saturated rings. The number of carbonyl (C=O) groups is 1. The van der Waals surface area contributed by atoms with Crippen molar-refractivity contribution in [1.82, 2.24) is 10.0 Å². The van der Waals surface area contributed by atoms with Gasteiger partial charge in [0, 0.05) is 12.1 Å². The van der Waals surface area contributed by atoms with E-state index in [9.17, 15) is 13.2 Å². The van der Waals surface area contributed by atoms with E-state index in [0.29, 0.717) is 24.3 Å². The first-order valence-corrected chi connectivity index (χ1v) is 11.0. The number of para-hydroxylation sites is 1. The highest BCUT2D eigenvalue weighted by Gasteiger charge is 2.18. The Hall–Kier alpha value is -3.16. The molecule has 0 aliphatic carbocycles. The molecule has 0 saturated carbocycles. The summed E-state index contributed by atoms with van der Waals surface area (Å²) in [6.07, 6.45) is 0. The summed E-state index contributed by atoms with van der Waals surface area (Å²) in [5, 5.41) is 2.77. The van der Waals surface area contributed by atoms with Crippen molar-refractivity contribution in [2.75, 3.05) is 13.2 Å². The second-order valence-electron chi connectivity index (χ2n) is 6.70. The van der Waals surface area contributed by atoms with E-state index in [4.69, 9.17) is 4.74 Å². The molecule has 0 bridgehead atoms. The lowest BCUT2D eigenvalue weighted by Gasteiger charge is -2.12. The summed E-state index contributed by atoms with van der Waals surface area (Å²) in [6, 6.07) is 23.1. The first kappa shape index (κ1) is 21.5. The van der Waals surface area contributed by atoms with Gasteiger partial charge in [0.1, 0.15) is 12.4 Å². The number of aryl methyl sites for hydroxylation is 1. The lowest BCUT2D eigenvalue weighted by atomic mass is 10.1. The molecule has 30 heavy (non-hydrogen) atoms. The lowest BCUT2D eigenvalue weighted by Crippen LogP contribution is -2.29. The summed E-state index contributed by atoms with van der Waals surface area (Å²) in [4.78, 5) is 12.6. The first-order chi connectivity index (χ1) is 14.5. The van der Waals surface area contributed by atoms with Crippen molar-refractivity contribution in [2.45, 2.75) is 18.4 Å². The maximum absolute atomic E-state index is 12.6.